The first-order valence-electron chi connectivity index (χ1n) is 6.48. The maximum atomic E-state index is 12.1. The molecule has 0 bridgehead atoms. The zero-order chi connectivity index (χ0) is 14.7. The normalized spacial score (nSPS) is 10.7. The second-order valence-electron chi connectivity index (χ2n) is 4.65. The van der Waals surface area contributed by atoms with Gasteiger partial charge in [-0.3, -0.25) is 14.7 Å². The average molecular weight is 280 g/mol. The highest BCUT2D eigenvalue weighted by molar-refractivity contribution is 6.03. The maximum Gasteiger partial charge on any atom is 0.166 e. The fourth-order valence-electron chi connectivity index (χ4n) is 2.07. The lowest BCUT2D eigenvalue weighted by atomic mass is 10.0. The molecule has 0 amide bonds. The molecule has 0 saturated heterocycles. The molecule has 6 heteroatoms. The molecule has 0 aliphatic rings. The molecule has 0 aliphatic carbocycles. The van der Waals surface area contributed by atoms with E-state index >= 15 is 0 Å². The SMILES string of the molecule is O=C(CCC(=O)c1ccc2[nH]ncc2c1)c1cncnc1. The summed E-state index contributed by atoms with van der Waals surface area (Å²) in [5.41, 5.74) is 1.89. The van der Waals surface area contributed by atoms with Crippen LogP contribution in [-0.2, 0) is 0 Å². The van der Waals surface area contributed by atoms with Gasteiger partial charge in [-0.25, -0.2) is 9.97 Å². The minimum atomic E-state index is -0.131. The van der Waals surface area contributed by atoms with E-state index in [2.05, 4.69) is 20.2 Å². The van der Waals surface area contributed by atoms with Crippen molar-refractivity contribution in [2.75, 3.05) is 0 Å². The van der Waals surface area contributed by atoms with Gasteiger partial charge in [0.25, 0.3) is 0 Å². The van der Waals surface area contributed by atoms with Crippen molar-refractivity contribution in [2.24, 2.45) is 0 Å². The Balaban J connectivity index is 1.67. The molecule has 0 saturated carbocycles. The molecule has 3 aromatic rings. The molecule has 1 aromatic carbocycles. The van der Waals surface area contributed by atoms with Crippen molar-refractivity contribution in [3.8, 4) is 0 Å². The number of nitrogens with one attached hydrogen (secondary N) is 1. The Morgan fingerprint density at radius 1 is 0.952 bits per heavy atom. The minimum absolute atomic E-state index is 0.0664. The summed E-state index contributed by atoms with van der Waals surface area (Å²) in [4.78, 5) is 31.6. The number of nitrogens with zero attached hydrogens (tertiary/aromatic N) is 3. The van der Waals surface area contributed by atoms with Crippen molar-refractivity contribution < 1.29 is 9.59 Å². The summed E-state index contributed by atoms with van der Waals surface area (Å²) in [6, 6.07) is 5.32. The Hall–Kier alpha value is -2.89. The van der Waals surface area contributed by atoms with Crippen molar-refractivity contribution in [3.05, 3.63) is 54.2 Å². The number of ketones is 2. The molecule has 2 aromatic heterocycles. The quantitative estimate of drug-likeness (QED) is 0.724. The van der Waals surface area contributed by atoms with E-state index in [1.54, 1.807) is 18.3 Å². The Morgan fingerprint density at radius 3 is 2.43 bits per heavy atom. The highest BCUT2D eigenvalue weighted by Crippen LogP contribution is 2.15. The molecule has 0 unspecified atom stereocenters. The summed E-state index contributed by atoms with van der Waals surface area (Å²) in [6.45, 7) is 0. The molecule has 1 N–H and O–H groups in total. The van der Waals surface area contributed by atoms with Gasteiger partial charge in [0.2, 0.25) is 0 Å². The van der Waals surface area contributed by atoms with Gasteiger partial charge in [0.1, 0.15) is 6.33 Å². The fourth-order valence-corrected chi connectivity index (χ4v) is 2.07. The summed E-state index contributed by atoms with van der Waals surface area (Å²) < 4.78 is 0. The van der Waals surface area contributed by atoms with Crippen LogP contribution in [-0.4, -0.2) is 31.7 Å². The van der Waals surface area contributed by atoms with Crippen LogP contribution in [0.3, 0.4) is 0 Å². The second kappa shape index (κ2) is 5.62. The zero-order valence-electron chi connectivity index (χ0n) is 11.1. The van der Waals surface area contributed by atoms with Crippen molar-refractivity contribution in [1.82, 2.24) is 20.2 Å². The average Bonchev–Trinajstić information content (AvgIpc) is 3.00. The van der Waals surface area contributed by atoms with Crippen molar-refractivity contribution in [1.29, 1.82) is 0 Å². The molecule has 3 rings (SSSR count). The van der Waals surface area contributed by atoms with Crippen LogP contribution >= 0.6 is 0 Å². The minimum Gasteiger partial charge on any atom is -0.294 e. The van der Waals surface area contributed by atoms with Gasteiger partial charge in [0.05, 0.1) is 17.3 Å². The van der Waals surface area contributed by atoms with Crippen molar-refractivity contribution >= 4 is 22.5 Å². The predicted octanol–water partition coefficient (Wildman–Crippen LogP) is 2.20. The first-order chi connectivity index (χ1) is 10.2. The standard InChI is InChI=1S/C15H12N4O2/c20-14(3-4-15(21)12-6-16-9-17-7-12)10-1-2-13-11(5-10)8-18-19-13/h1-2,5-9H,3-4H2,(H,18,19). The molecule has 0 radical (unpaired) electrons. The third-order valence-electron chi connectivity index (χ3n) is 3.22. The number of benzene rings is 1. The number of H-pyrrole nitrogens is 1. The summed E-state index contributed by atoms with van der Waals surface area (Å²) in [5.74, 6) is -0.198. The largest absolute Gasteiger partial charge is 0.294 e. The number of fused-ring (bicyclic) bond motifs is 1. The number of aromatic nitrogens is 4. The van der Waals surface area contributed by atoms with Gasteiger partial charge in [0, 0.05) is 36.2 Å². The fraction of sp³-hybridized carbons (Fsp3) is 0.133. The van der Waals surface area contributed by atoms with Crippen molar-refractivity contribution in [3.63, 3.8) is 0 Å². The molecule has 2 heterocycles. The van der Waals surface area contributed by atoms with Gasteiger partial charge in [0.15, 0.2) is 11.6 Å². The van der Waals surface area contributed by atoms with Crippen LogP contribution in [0.4, 0.5) is 0 Å². The number of Topliss-reactive ketones (excluding diaryl/α,β-unsaturated/α-hetero) is 2. The molecule has 6 nitrogen and oxygen atoms in total. The van der Waals surface area contributed by atoms with Crippen LogP contribution in [0.1, 0.15) is 33.6 Å². The van der Waals surface area contributed by atoms with Crippen LogP contribution in [0.25, 0.3) is 10.9 Å². The number of hydrogen-bond donors (Lipinski definition) is 1. The van der Waals surface area contributed by atoms with E-state index in [-0.39, 0.29) is 24.4 Å². The van der Waals surface area contributed by atoms with Crippen LogP contribution in [0.5, 0.6) is 0 Å². The summed E-state index contributed by atoms with van der Waals surface area (Å²) in [6.07, 6.45) is 6.25. The Morgan fingerprint density at radius 2 is 1.67 bits per heavy atom. The monoisotopic (exact) mass is 280 g/mol. The van der Waals surface area contributed by atoms with E-state index in [4.69, 9.17) is 0 Å². The number of rotatable bonds is 5. The molecule has 0 spiro atoms. The summed E-state index contributed by atoms with van der Waals surface area (Å²) >= 11 is 0. The molecular formula is C15H12N4O2. The molecule has 0 atom stereocenters. The second-order valence-corrected chi connectivity index (χ2v) is 4.65. The van der Waals surface area contributed by atoms with E-state index in [0.717, 1.165) is 10.9 Å². The summed E-state index contributed by atoms with van der Waals surface area (Å²) in [5, 5.41) is 7.62. The van der Waals surface area contributed by atoms with E-state index in [9.17, 15) is 9.59 Å². The topological polar surface area (TPSA) is 88.6 Å². The zero-order valence-corrected chi connectivity index (χ0v) is 11.1. The Bertz CT molecular complexity index is 796. The molecule has 0 aliphatic heterocycles. The van der Waals surface area contributed by atoms with E-state index in [0.29, 0.717) is 11.1 Å². The van der Waals surface area contributed by atoms with Crippen LogP contribution in [0, 0.1) is 0 Å². The van der Waals surface area contributed by atoms with Gasteiger partial charge < -0.3 is 0 Å². The van der Waals surface area contributed by atoms with E-state index < -0.39 is 0 Å². The van der Waals surface area contributed by atoms with Gasteiger partial charge in [-0.1, -0.05) is 0 Å². The van der Waals surface area contributed by atoms with Gasteiger partial charge >= 0.3 is 0 Å². The van der Waals surface area contributed by atoms with Crippen molar-refractivity contribution in [2.45, 2.75) is 12.8 Å². The summed E-state index contributed by atoms with van der Waals surface area (Å²) in [7, 11) is 0. The first-order valence-corrected chi connectivity index (χ1v) is 6.48. The Kier molecular flexibility index (Phi) is 3.51. The van der Waals surface area contributed by atoms with Crippen LogP contribution in [0.2, 0.25) is 0 Å². The number of carbonyl (C=O) groups excluding carboxylic acids is 2. The highest BCUT2D eigenvalue weighted by Gasteiger charge is 2.12. The number of aromatic amines is 1. The predicted molar refractivity (Wildman–Crippen MR) is 76.0 cm³/mol. The third kappa shape index (κ3) is 2.84. The highest BCUT2D eigenvalue weighted by atomic mass is 16.1. The molecular weight excluding hydrogens is 268 g/mol. The van der Waals surface area contributed by atoms with Gasteiger partial charge in [-0.2, -0.15) is 5.10 Å². The van der Waals surface area contributed by atoms with E-state index in [1.807, 2.05) is 6.07 Å². The first kappa shape index (κ1) is 13.1. The van der Waals surface area contributed by atoms with Gasteiger partial charge in [-0.15, -0.1) is 0 Å². The number of carbonyl (C=O) groups is 2. The maximum absolute atomic E-state index is 12.1. The Labute approximate surface area is 120 Å². The van der Waals surface area contributed by atoms with Gasteiger partial charge in [-0.05, 0) is 18.2 Å². The lowest BCUT2D eigenvalue weighted by molar-refractivity contribution is 0.0917. The van der Waals surface area contributed by atoms with Crippen LogP contribution in [0.15, 0.2) is 43.1 Å². The third-order valence-corrected chi connectivity index (χ3v) is 3.22. The molecule has 21 heavy (non-hydrogen) atoms. The molecule has 104 valence electrons. The molecule has 0 fully saturated rings. The van der Waals surface area contributed by atoms with E-state index in [1.165, 1.54) is 18.7 Å². The van der Waals surface area contributed by atoms with Crippen LogP contribution < -0.4 is 0 Å². The lowest BCUT2D eigenvalue weighted by Crippen LogP contribution is -2.05. The smallest absolute Gasteiger partial charge is 0.166 e. The lowest BCUT2D eigenvalue weighted by Gasteiger charge is -2.01. The number of hydrogen-bond acceptors (Lipinski definition) is 5.